The monoisotopic (exact) mass is 446 g/mol. The fraction of sp³-hybridized carbons (Fsp3) is 0.160. The summed E-state index contributed by atoms with van der Waals surface area (Å²) in [7, 11) is 0. The summed E-state index contributed by atoms with van der Waals surface area (Å²) >= 11 is 0. The number of esters is 1. The van der Waals surface area contributed by atoms with Crippen LogP contribution in [0.1, 0.15) is 27.0 Å². The Morgan fingerprint density at radius 1 is 1.00 bits per heavy atom. The number of hydrogen-bond acceptors (Lipinski definition) is 7. The van der Waals surface area contributed by atoms with Crippen LogP contribution in [0.25, 0.3) is 0 Å². The van der Waals surface area contributed by atoms with Crippen LogP contribution in [-0.4, -0.2) is 31.5 Å². The molecule has 0 radical (unpaired) electrons. The molecule has 0 unspecified atom stereocenters. The molecule has 0 aliphatic carbocycles. The van der Waals surface area contributed by atoms with Gasteiger partial charge >= 0.3 is 5.97 Å². The Bertz CT molecular complexity index is 1200. The van der Waals surface area contributed by atoms with E-state index in [1.54, 1.807) is 42.5 Å². The van der Waals surface area contributed by atoms with Crippen molar-refractivity contribution in [3.8, 4) is 23.0 Å². The zero-order valence-corrected chi connectivity index (χ0v) is 18.2. The molecular formula is C25H22N2O6. The van der Waals surface area contributed by atoms with E-state index in [-0.39, 0.29) is 19.3 Å². The van der Waals surface area contributed by atoms with Gasteiger partial charge in [0.15, 0.2) is 18.1 Å². The molecule has 0 saturated carbocycles. The topological polar surface area (TPSA) is 95.5 Å². The van der Waals surface area contributed by atoms with E-state index >= 15 is 0 Å². The van der Waals surface area contributed by atoms with E-state index in [0.29, 0.717) is 34.1 Å². The van der Waals surface area contributed by atoms with Gasteiger partial charge in [0.25, 0.3) is 5.91 Å². The van der Waals surface area contributed by atoms with E-state index in [1.165, 1.54) is 6.21 Å². The van der Waals surface area contributed by atoms with Crippen molar-refractivity contribution < 1.29 is 28.5 Å². The summed E-state index contributed by atoms with van der Waals surface area (Å²) < 4.78 is 21.6. The summed E-state index contributed by atoms with van der Waals surface area (Å²) in [6.45, 7) is 3.81. The van der Waals surface area contributed by atoms with Gasteiger partial charge in [-0.3, -0.25) is 4.79 Å². The first-order valence-corrected chi connectivity index (χ1v) is 10.2. The van der Waals surface area contributed by atoms with Crippen molar-refractivity contribution in [3.05, 3.63) is 82.9 Å². The van der Waals surface area contributed by atoms with E-state index in [1.807, 2.05) is 32.0 Å². The molecule has 8 heteroatoms. The lowest BCUT2D eigenvalue weighted by molar-refractivity contribution is -0.123. The van der Waals surface area contributed by atoms with E-state index in [9.17, 15) is 9.59 Å². The second kappa shape index (κ2) is 9.86. The summed E-state index contributed by atoms with van der Waals surface area (Å²) in [5.41, 5.74) is 5.32. The highest BCUT2D eigenvalue weighted by Crippen LogP contribution is 2.32. The zero-order chi connectivity index (χ0) is 23.2. The molecule has 1 aliphatic rings. The molecule has 1 amide bonds. The molecule has 0 aromatic heterocycles. The minimum absolute atomic E-state index is 0.128. The maximum Gasteiger partial charge on any atom is 0.343 e. The molecule has 0 atom stereocenters. The lowest BCUT2D eigenvalue weighted by Gasteiger charge is -2.10. The third kappa shape index (κ3) is 5.48. The number of nitrogens with zero attached hydrogens (tertiary/aromatic N) is 1. The Labute approximate surface area is 190 Å². The van der Waals surface area contributed by atoms with E-state index in [4.69, 9.17) is 18.9 Å². The predicted molar refractivity (Wildman–Crippen MR) is 121 cm³/mol. The molecule has 3 aromatic carbocycles. The number of ether oxygens (including phenoxy) is 4. The second-order valence-corrected chi connectivity index (χ2v) is 7.33. The standard InChI is InChI=1S/C25H22N2O6/c1-16-5-3-6-17(2)24(16)30-14-23(28)27-26-13-18-7-4-8-20(11-18)33-25(29)19-9-10-21-22(12-19)32-15-31-21/h3-13H,14-15H2,1-2H3,(H,27,28). The fourth-order valence-electron chi connectivity index (χ4n) is 3.22. The van der Waals surface area contributed by atoms with Gasteiger partial charge in [0.2, 0.25) is 6.79 Å². The average Bonchev–Trinajstić information content (AvgIpc) is 3.27. The molecule has 4 rings (SSSR count). The Hall–Kier alpha value is -4.33. The summed E-state index contributed by atoms with van der Waals surface area (Å²) in [6, 6.07) is 17.4. The van der Waals surface area contributed by atoms with Gasteiger partial charge in [-0.1, -0.05) is 30.3 Å². The molecule has 0 spiro atoms. The van der Waals surface area contributed by atoms with Gasteiger partial charge < -0.3 is 18.9 Å². The van der Waals surface area contributed by atoms with Crippen LogP contribution in [-0.2, 0) is 4.79 Å². The zero-order valence-electron chi connectivity index (χ0n) is 18.2. The van der Waals surface area contributed by atoms with Crippen molar-refractivity contribution in [1.29, 1.82) is 0 Å². The van der Waals surface area contributed by atoms with Gasteiger partial charge in [0.05, 0.1) is 11.8 Å². The van der Waals surface area contributed by atoms with Gasteiger partial charge in [-0.25, -0.2) is 10.2 Å². The number of fused-ring (bicyclic) bond motifs is 1. The SMILES string of the molecule is Cc1cccc(C)c1OCC(=O)NN=Cc1cccc(OC(=O)c2ccc3c(c2)OCO3)c1. The van der Waals surface area contributed by atoms with Crippen LogP contribution in [0.15, 0.2) is 65.8 Å². The van der Waals surface area contributed by atoms with Gasteiger partial charge in [-0.05, 0) is 60.9 Å². The van der Waals surface area contributed by atoms with Crippen LogP contribution in [0, 0.1) is 13.8 Å². The van der Waals surface area contributed by atoms with Crippen molar-refractivity contribution in [1.82, 2.24) is 5.43 Å². The molecule has 1 N–H and O–H groups in total. The predicted octanol–water partition coefficient (Wildman–Crippen LogP) is 3.78. The number of rotatable bonds is 7. The normalized spacial score (nSPS) is 11.9. The average molecular weight is 446 g/mol. The number of amides is 1. The van der Waals surface area contributed by atoms with Crippen molar-refractivity contribution in [2.45, 2.75) is 13.8 Å². The maximum atomic E-state index is 12.4. The van der Waals surface area contributed by atoms with E-state index in [2.05, 4.69) is 10.5 Å². The van der Waals surface area contributed by atoms with Crippen molar-refractivity contribution in [3.63, 3.8) is 0 Å². The van der Waals surface area contributed by atoms with E-state index < -0.39 is 5.97 Å². The number of carbonyl (C=O) groups excluding carboxylic acids is 2. The van der Waals surface area contributed by atoms with Gasteiger partial charge in [0, 0.05) is 0 Å². The molecule has 0 saturated heterocycles. The number of nitrogens with one attached hydrogen (secondary N) is 1. The summed E-state index contributed by atoms with van der Waals surface area (Å²) in [4.78, 5) is 24.5. The Morgan fingerprint density at radius 2 is 1.76 bits per heavy atom. The van der Waals surface area contributed by atoms with E-state index in [0.717, 1.165) is 11.1 Å². The highest BCUT2D eigenvalue weighted by molar-refractivity contribution is 5.92. The van der Waals surface area contributed by atoms with Crippen molar-refractivity contribution in [2.75, 3.05) is 13.4 Å². The van der Waals surface area contributed by atoms with Crippen LogP contribution in [0.5, 0.6) is 23.0 Å². The third-order valence-electron chi connectivity index (χ3n) is 4.84. The Morgan fingerprint density at radius 3 is 2.58 bits per heavy atom. The fourth-order valence-corrected chi connectivity index (χ4v) is 3.22. The van der Waals surface area contributed by atoms with Crippen LogP contribution in [0.4, 0.5) is 0 Å². The second-order valence-electron chi connectivity index (χ2n) is 7.33. The Kier molecular flexibility index (Phi) is 6.54. The third-order valence-corrected chi connectivity index (χ3v) is 4.84. The lowest BCUT2D eigenvalue weighted by Crippen LogP contribution is -2.25. The molecule has 1 heterocycles. The number of aryl methyl sites for hydroxylation is 2. The van der Waals surface area contributed by atoms with Crippen LogP contribution < -0.4 is 24.4 Å². The largest absolute Gasteiger partial charge is 0.483 e. The van der Waals surface area contributed by atoms with Gasteiger partial charge in [0.1, 0.15) is 11.5 Å². The molecule has 33 heavy (non-hydrogen) atoms. The molecule has 168 valence electrons. The number of para-hydroxylation sites is 1. The molecule has 0 fully saturated rings. The first kappa shape index (κ1) is 21.9. The molecule has 8 nitrogen and oxygen atoms in total. The summed E-state index contributed by atoms with van der Waals surface area (Å²) in [5, 5.41) is 3.94. The number of carbonyl (C=O) groups is 2. The maximum absolute atomic E-state index is 12.4. The molecule has 1 aliphatic heterocycles. The molecule has 3 aromatic rings. The van der Waals surface area contributed by atoms with Crippen molar-refractivity contribution in [2.24, 2.45) is 5.10 Å². The number of benzene rings is 3. The number of hydrogen-bond donors (Lipinski definition) is 1. The minimum Gasteiger partial charge on any atom is -0.483 e. The van der Waals surface area contributed by atoms with Crippen LogP contribution in [0.3, 0.4) is 0 Å². The van der Waals surface area contributed by atoms with Crippen molar-refractivity contribution >= 4 is 18.1 Å². The smallest absolute Gasteiger partial charge is 0.343 e. The highest BCUT2D eigenvalue weighted by Gasteiger charge is 2.17. The first-order chi connectivity index (χ1) is 16.0. The molecular weight excluding hydrogens is 424 g/mol. The quantitative estimate of drug-likeness (QED) is 0.257. The summed E-state index contributed by atoms with van der Waals surface area (Å²) in [6.07, 6.45) is 1.45. The van der Waals surface area contributed by atoms with Crippen LogP contribution in [0.2, 0.25) is 0 Å². The molecule has 0 bridgehead atoms. The first-order valence-electron chi connectivity index (χ1n) is 10.2. The highest BCUT2D eigenvalue weighted by atomic mass is 16.7. The minimum atomic E-state index is -0.528. The van der Waals surface area contributed by atoms with Gasteiger partial charge in [-0.2, -0.15) is 5.10 Å². The summed E-state index contributed by atoms with van der Waals surface area (Å²) in [5.74, 6) is 1.20. The van der Waals surface area contributed by atoms with Gasteiger partial charge in [-0.15, -0.1) is 0 Å². The van der Waals surface area contributed by atoms with Crippen LogP contribution >= 0.6 is 0 Å². The lowest BCUT2D eigenvalue weighted by atomic mass is 10.1. The Balaban J connectivity index is 1.31. The number of hydrazone groups is 1.